The fraction of sp³-hybridized carbons (Fsp3) is 0.333. The van der Waals surface area contributed by atoms with Crippen LogP contribution in [-0.2, 0) is 11.2 Å². The van der Waals surface area contributed by atoms with E-state index in [0.717, 1.165) is 29.9 Å². The zero-order chi connectivity index (χ0) is 21.6. The van der Waals surface area contributed by atoms with Crippen LogP contribution >= 0.6 is 0 Å². The van der Waals surface area contributed by atoms with Crippen LogP contribution in [0, 0.1) is 5.82 Å². The first-order valence-electron chi connectivity index (χ1n) is 10.3. The van der Waals surface area contributed by atoms with Crippen LogP contribution in [0.25, 0.3) is 0 Å². The van der Waals surface area contributed by atoms with Crippen LogP contribution < -0.4 is 9.47 Å². The Labute approximate surface area is 180 Å². The highest BCUT2D eigenvalue weighted by Gasteiger charge is 2.28. The Morgan fingerprint density at radius 1 is 1.23 bits per heavy atom. The van der Waals surface area contributed by atoms with E-state index in [4.69, 9.17) is 13.9 Å². The van der Waals surface area contributed by atoms with Gasteiger partial charge in [-0.2, -0.15) is 0 Å². The lowest BCUT2D eigenvalue weighted by Gasteiger charge is -2.31. The van der Waals surface area contributed by atoms with Gasteiger partial charge >= 0.3 is 0 Å². The smallest absolute Gasteiger partial charge is 0.260 e. The number of nitrogens with zero attached hydrogens (tertiary/aromatic N) is 2. The van der Waals surface area contributed by atoms with Crippen LogP contribution in [0.1, 0.15) is 36.0 Å². The van der Waals surface area contributed by atoms with Crippen LogP contribution in [-0.4, -0.2) is 42.6 Å². The van der Waals surface area contributed by atoms with Gasteiger partial charge in [0.1, 0.15) is 23.1 Å². The number of piperidine rings is 1. The summed E-state index contributed by atoms with van der Waals surface area (Å²) in [5, 5.41) is 0. The predicted octanol–water partition coefficient (Wildman–Crippen LogP) is 4.20. The number of ether oxygens (including phenoxy) is 2. The number of benzene rings is 2. The molecule has 31 heavy (non-hydrogen) atoms. The van der Waals surface area contributed by atoms with Gasteiger partial charge in [0.25, 0.3) is 5.91 Å². The minimum atomic E-state index is -0.391. The predicted molar refractivity (Wildman–Crippen MR) is 113 cm³/mol. The maximum Gasteiger partial charge on any atom is 0.260 e. The zero-order valence-corrected chi connectivity index (χ0v) is 17.4. The molecule has 0 saturated carbocycles. The number of rotatable bonds is 7. The van der Waals surface area contributed by atoms with Crippen molar-refractivity contribution in [1.29, 1.82) is 0 Å². The highest BCUT2D eigenvalue weighted by Crippen LogP contribution is 2.27. The average Bonchev–Trinajstić information content (AvgIpc) is 3.27. The summed E-state index contributed by atoms with van der Waals surface area (Å²) in [7, 11) is 1.64. The van der Waals surface area contributed by atoms with E-state index in [1.54, 1.807) is 30.3 Å². The van der Waals surface area contributed by atoms with Crippen molar-refractivity contribution in [1.82, 2.24) is 9.88 Å². The third-order valence-corrected chi connectivity index (χ3v) is 5.39. The van der Waals surface area contributed by atoms with Gasteiger partial charge in [0.05, 0.1) is 19.2 Å². The van der Waals surface area contributed by atoms with Crippen molar-refractivity contribution >= 4 is 5.91 Å². The first-order valence-corrected chi connectivity index (χ1v) is 10.3. The first kappa shape index (κ1) is 20.9. The molecule has 0 aliphatic carbocycles. The molecule has 0 spiro atoms. The van der Waals surface area contributed by atoms with Crippen molar-refractivity contribution in [2.45, 2.75) is 25.2 Å². The summed E-state index contributed by atoms with van der Waals surface area (Å²) in [6, 6.07) is 13.6. The third-order valence-electron chi connectivity index (χ3n) is 5.39. The Bertz CT molecular complexity index is 1020. The molecular formula is C24H25FN2O4. The number of carbonyl (C=O) groups excluding carboxylic acids is 1. The molecule has 1 fully saturated rings. The van der Waals surface area contributed by atoms with E-state index in [0.29, 0.717) is 31.2 Å². The molecule has 6 nitrogen and oxygen atoms in total. The molecule has 0 radical (unpaired) electrons. The maximum absolute atomic E-state index is 13.3. The molecule has 0 N–H and O–H groups in total. The number of halogens is 1. The minimum absolute atomic E-state index is 0.0523. The molecular weight excluding hydrogens is 399 g/mol. The van der Waals surface area contributed by atoms with Crippen LogP contribution in [0.4, 0.5) is 4.39 Å². The number of hydrogen-bond donors (Lipinski definition) is 0. The molecule has 1 aromatic heterocycles. The quantitative estimate of drug-likeness (QED) is 0.569. The van der Waals surface area contributed by atoms with Crippen molar-refractivity contribution in [3.63, 3.8) is 0 Å². The van der Waals surface area contributed by atoms with E-state index < -0.39 is 5.82 Å². The summed E-state index contributed by atoms with van der Waals surface area (Å²) < 4.78 is 29.9. The fourth-order valence-electron chi connectivity index (χ4n) is 3.74. The highest BCUT2D eigenvalue weighted by atomic mass is 19.1. The summed E-state index contributed by atoms with van der Waals surface area (Å²) in [5.41, 5.74) is 1.11. The molecule has 1 amide bonds. The molecule has 1 aliphatic rings. The van der Waals surface area contributed by atoms with Crippen LogP contribution in [0.15, 0.2) is 59.1 Å². The molecule has 1 aliphatic heterocycles. The Morgan fingerprint density at radius 3 is 2.84 bits per heavy atom. The van der Waals surface area contributed by atoms with Gasteiger partial charge < -0.3 is 18.8 Å². The summed E-state index contributed by atoms with van der Waals surface area (Å²) in [6.45, 7) is 1.08. The summed E-state index contributed by atoms with van der Waals surface area (Å²) >= 11 is 0. The second kappa shape index (κ2) is 9.64. The number of carbonyl (C=O) groups is 1. The fourth-order valence-corrected chi connectivity index (χ4v) is 3.74. The van der Waals surface area contributed by atoms with Gasteiger partial charge in [-0.15, -0.1) is 0 Å². The molecule has 1 atom stereocenters. The SMILES string of the molecule is COc1ccc(Cc2cnc([C@H]3CCCN(C(=O)COc4cccc(F)c4)C3)o2)cc1. The minimum Gasteiger partial charge on any atom is -0.497 e. The topological polar surface area (TPSA) is 64.8 Å². The van der Waals surface area contributed by atoms with E-state index in [1.807, 2.05) is 24.3 Å². The van der Waals surface area contributed by atoms with Crippen molar-refractivity contribution in [2.24, 2.45) is 0 Å². The molecule has 4 rings (SSSR count). The van der Waals surface area contributed by atoms with Crippen LogP contribution in [0.2, 0.25) is 0 Å². The standard InChI is InChI=1S/C24H25FN2O4/c1-29-20-9-7-17(8-10-20)12-22-14-26-24(31-22)18-4-3-11-27(15-18)23(28)16-30-21-6-2-5-19(25)13-21/h2,5-10,13-14,18H,3-4,11-12,15-16H2,1H3/t18-/m0/s1. The van der Waals surface area contributed by atoms with Crippen molar-refractivity contribution < 1.29 is 23.1 Å². The van der Waals surface area contributed by atoms with Gasteiger partial charge in [-0.05, 0) is 42.7 Å². The van der Waals surface area contributed by atoms with E-state index >= 15 is 0 Å². The van der Waals surface area contributed by atoms with E-state index in [2.05, 4.69) is 4.98 Å². The highest BCUT2D eigenvalue weighted by molar-refractivity contribution is 5.78. The molecule has 0 bridgehead atoms. The lowest BCUT2D eigenvalue weighted by atomic mass is 9.98. The van der Waals surface area contributed by atoms with E-state index in [9.17, 15) is 9.18 Å². The van der Waals surface area contributed by atoms with Gasteiger partial charge in [0.15, 0.2) is 12.5 Å². The number of methoxy groups -OCH3 is 1. The monoisotopic (exact) mass is 424 g/mol. The van der Waals surface area contributed by atoms with Crippen molar-refractivity contribution in [3.8, 4) is 11.5 Å². The lowest BCUT2D eigenvalue weighted by Crippen LogP contribution is -2.41. The largest absolute Gasteiger partial charge is 0.497 e. The Kier molecular flexibility index (Phi) is 6.50. The Balaban J connectivity index is 1.33. The maximum atomic E-state index is 13.3. The second-order valence-corrected chi connectivity index (χ2v) is 7.61. The van der Waals surface area contributed by atoms with Crippen molar-refractivity contribution in [3.05, 3.63) is 77.8 Å². The first-order chi connectivity index (χ1) is 15.1. The van der Waals surface area contributed by atoms with Crippen LogP contribution in [0.5, 0.6) is 11.5 Å². The molecule has 7 heteroatoms. The second-order valence-electron chi connectivity index (χ2n) is 7.61. The Hall–Kier alpha value is -3.35. The number of hydrogen-bond acceptors (Lipinski definition) is 5. The van der Waals surface area contributed by atoms with E-state index in [-0.39, 0.29) is 18.4 Å². The molecule has 3 aromatic rings. The van der Waals surface area contributed by atoms with Gasteiger partial charge in [0.2, 0.25) is 0 Å². The molecule has 0 unspecified atom stereocenters. The Morgan fingerprint density at radius 2 is 2.06 bits per heavy atom. The van der Waals surface area contributed by atoms with Gasteiger partial charge in [-0.25, -0.2) is 9.37 Å². The number of oxazole rings is 1. The van der Waals surface area contributed by atoms with E-state index in [1.165, 1.54) is 12.1 Å². The summed E-state index contributed by atoms with van der Waals surface area (Å²) in [4.78, 5) is 18.8. The van der Waals surface area contributed by atoms with Gasteiger partial charge in [-0.3, -0.25) is 4.79 Å². The van der Waals surface area contributed by atoms with Crippen molar-refractivity contribution in [2.75, 3.05) is 26.8 Å². The number of amides is 1. The normalized spacial score (nSPS) is 16.2. The zero-order valence-electron chi connectivity index (χ0n) is 17.4. The third kappa shape index (κ3) is 5.42. The summed E-state index contributed by atoms with van der Waals surface area (Å²) in [6.07, 6.45) is 4.19. The molecule has 1 saturated heterocycles. The molecule has 2 heterocycles. The number of aromatic nitrogens is 1. The lowest BCUT2D eigenvalue weighted by molar-refractivity contribution is -0.134. The number of likely N-dealkylation sites (tertiary alicyclic amines) is 1. The van der Waals surface area contributed by atoms with Crippen LogP contribution in [0.3, 0.4) is 0 Å². The van der Waals surface area contributed by atoms with Gasteiger partial charge in [0, 0.05) is 25.6 Å². The molecule has 162 valence electrons. The summed E-state index contributed by atoms with van der Waals surface area (Å²) in [5.74, 6) is 2.14. The average molecular weight is 424 g/mol. The van der Waals surface area contributed by atoms with Gasteiger partial charge in [-0.1, -0.05) is 18.2 Å². The molecule has 2 aromatic carbocycles.